The molecule has 1 atom stereocenters. The van der Waals surface area contributed by atoms with Gasteiger partial charge in [-0.05, 0) is 25.2 Å². The molecule has 3 aromatic rings. The molecule has 1 aliphatic rings. The second kappa shape index (κ2) is 9.51. The van der Waals surface area contributed by atoms with Crippen LogP contribution in [0.15, 0.2) is 29.9 Å². The van der Waals surface area contributed by atoms with E-state index in [1.165, 1.54) is 24.0 Å². The SMILES string of the molecule is C=CC(=O)N1CCC[C@@H](Nc2nc(Nc3ccn(CC(F)F)n3)nc3[nH]nc(SC)c23)C1. The molecule has 0 radical (unpaired) electrons. The number of alkyl halides is 2. The van der Waals surface area contributed by atoms with E-state index < -0.39 is 13.0 Å². The van der Waals surface area contributed by atoms with Crippen LogP contribution in [0.2, 0.25) is 0 Å². The van der Waals surface area contributed by atoms with Gasteiger partial charge < -0.3 is 15.5 Å². The molecule has 32 heavy (non-hydrogen) atoms. The zero-order valence-corrected chi connectivity index (χ0v) is 18.2. The molecule has 1 aliphatic heterocycles. The number of fused-ring (bicyclic) bond motifs is 1. The number of hydrogen-bond acceptors (Lipinski definition) is 8. The largest absolute Gasteiger partial charge is 0.365 e. The normalized spacial score (nSPS) is 16.5. The van der Waals surface area contributed by atoms with Crippen molar-refractivity contribution in [2.45, 2.75) is 36.9 Å². The highest BCUT2D eigenvalue weighted by molar-refractivity contribution is 7.98. The topological polar surface area (TPSA) is 117 Å². The van der Waals surface area contributed by atoms with Crippen LogP contribution in [0.3, 0.4) is 0 Å². The summed E-state index contributed by atoms with van der Waals surface area (Å²) in [6, 6.07) is 1.57. The molecule has 0 aromatic carbocycles. The molecule has 0 aliphatic carbocycles. The van der Waals surface area contributed by atoms with Gasteiger partial charge in [0, 0.05) is 31.4 Å². The Morgan fingerprint density at radius 1 is 1.47 bits per heavy atom. The second-order valence-electron chi connectivity index (χ2n) is 7.26. The number of rotatable bonds is 8. The number of hydrogen-bond donors (Lipinski definition) is 3. The van der Waals surface area contributed by atoms with Crippen molar-refractivity contribution in [2.75, 3.05) is 30.0 Å². The van der Waals surface area contributed by atoms with Crippen LogP contribution in [0.5, 0.6) is 0 Å². The highest BCUT2D eigenvalue weighted by atomic mass is 32.2. The van der Waals surface area contributed by atoms with Crippen LogP contribution in [-0.2, 0) is 11.3 Å². The van der Waals surface area contributed by atoms with Crippen LogP contribution in [-0.4, -0.2) is 72.6 Å². The van der Waals surface area contributed by atoms with Crippen LogP contribution >= 0.6 is 11.8 Å². The van der Waals surface area contributed by atoms with E-state index in [4.69, 9.17) is 0 Å². The van der Waals surface area contributed by atoms with Gasteiger partial charge in [-0.25, -0.2) is 8.78 Å². The van der Waals surface area contributed by atoms with E-state index in [9.17, 15) is 13.6 Å². The van der Waals surface area contributed by atoms with E-state index >= 15 is 0 Å². The lowest BCUT2D eigenvalue weighted by Gasteiger charge is -2.33. The van der Waals surface area contributed by atoms with Crippen LogP contribution in [0.4, 0.5) is 26.4 Å². The van der Waals surface area contributed by atoms with E-state index in [-0.39, 0.29) is 17.9 Å². The van der Waals surface area contributed by atoms with Crippen molar-refractivity contribution in [2.24, 2.45) is 0 Å². The zero-order valence-electron chi connectivity index (χ0n) is 17.4. The first-order valence-corrected chi connectivity index (χ1v) is 11.3. The third-order valence-electron chi connectivity index (χ3n) is 5.03. The smallest absolute Gasteiger partial charge is 0.257 e. The molecule has 170 valence electrons. The van der Waals surface area contributed by atoms with Crippen LogP contribution in [0, 0.1) is 0 Å². The maximum absolute atomic E-state index is 12.6. The van der Waals surface area contributed by atoms with E-state index in [0.717, 1.165) is 27.9 Å². The lowest BCUT2D eigenvalue weighted by atomic mass is 10.1. The Labute approximate surface area is 186 Å². The Morgan fingerprint density at radius 2 is 2.31 bits per heavy atom. The predicted molar refractivity (Wildman–Crippen MR) is 118 cm³/mol. The number of thioether (sulfide) groups is 1. The fraction of sp³-hybridized carbons (Fsp3) is 0.421. The van der Waals surface area contributed by atoms with Gasteiger partial charge in [0.25, 0.3) is 6.43 Å². The first-order chi connectivity index (χ1) is 15.5. The van der Waals surface area contributed by atoms with Crippen molar-refractivity contribution in [3.05, 3.63) is 24.9 Å². The number of likely N-dealkylation sites (tertiary alicyclic amines) is 1. The zero-order chi connectivity index (χ0) is 22.7. The molecule has 1 amide bonds. The Hall–Kier alpha value is -3.22. The lowest BCUT2D eigenvalue weighted by Crippen LogP contribution is -2.44. The van der Waals surface area contributed by atoms with Crippen molar-refractivity contribution in [1.82, 2.24) is 34.8 Å². The highest BCUT2D eigenvalue weighted by Gasteiger charge is 2.24. The summed E-state index contributed by atoms with van der Waals surface area (Å²) in [6.07, 6.45) is 3.93. The molecule has 3 N–H and O–H groups in total. The van der Waals surface area contributed by atoms with Crippen molar-refractivity contribution in [3.8, 4) is 0 Å². The number of carbonyl (C=O) groups is 1. The molecule has 1 fully saturated rings. The number of carbonyl (C=O) groups excluding carboxylic acids is 1. The van der Waals surface area contributed by atoms with Gasteiger partial charge in [0.15, 0.2) is 11.5 Å². The number of nitrogens with zero attached hydrogens (tertiary/aromatic N) is 6. The number of nitrogens with one attached hydrogen (secondary N) is 3. The fourth-order valence-corrected chi connectivity index (χ4v) is 4.15. The van der Waals surface area contributed by atoms with Gasteiger partial charge in [0.05, 0.1) is 5.39 Å². The Balaban J connectivity index is 1.60. The molecule has 13 heteroatoms. The van der Waals surface area contributed by atoms with Gasteiger partial charge in [0.1, 0.15) is 17.4 Å². The number of piperidine rings is 1. The van der Waals surface area contributed by atoms with E-state index in [2.05, 4.69) is 42.5 Å². The molecule has 4 heterocycles. The number of H-pyrrole nitrogens is 1. The Morgan fingerprint density at radius 3 is 3.06 bits per heavy atom. The standard InChI is InChI=1S/C19H23F2N9OS/c1-3-14(31)29-7-4-5-11(9-29)22-16-15-17(26-27-18(15)32-2)25-19(24-16)23-13-6-8-30(28-13)10-12(20)21/h3,6,8,11-12H,1,4-5,7,9-10H2,2H3,(H3,22,23,24,25,26,27,28)/t11-/m1/s1. The minimum absolute atomic E-state index is 0.00606. The summed E-state index contributed by atoms with van der Waals surface area (Å²) < 4.78 is 26.3. The molecule has 0 saturated carbocycles. The quantitative estimate of drug-likeness (QED) is 0.345. The van der Waals surface area contributed by atoms with E-state index in [1.54, 1.807) is 11.0 Å². The second-order valence-corrected chi connectivity index (χ2v) is 8.06. The van der Waals surface area contributed by atoms with Crippen molar-refractivity contribution in [1.29, 1.82) is 0 Å². The summed E-state index contributed by atoms with van der Waals surface area (Å²) in [5, 5.41) is 19.2. The number of aromatic amines is 1. The Bertz CT molecular complexity index is 1120. The monoisotopic (exact) mass is 463 g/mol. The van der Waals surface area contributed by atoms with Crippen LogP contribution < -0.4 is 10.6 Å². The van der Waals surface area contributed by atoms with Gasteiger partial charge in [-0.15, -0.1) is 11.8 Å². The maximum atomic E-state index is 12.6. The molecule has 0 spiro atoms. The first-order valence-electron chi connectivity index (χ1n) is 10.0. The van der Waals surface area contributed by atoms with Gasteiger partial charge in [-0.2, -0.15) is 20.2 Å². The third-order valence-corrected chi connectivity index (χ3v) is 5.72. The molecule has 0 bridgehead atoms. The minimum atomic E-state index is -2.50. The minimum Gasteiger partial charge on any atom is -0.365 e. The summed E-state index contributed by atoms with van der Waals surface area (Å²) in [5.74, 6) is 1.06. The predicted octanol–water partition coefficient (Wildman–Crippen LogP) is 2.87. The van der Waals surface area contributed by atoms with Crippen LogP contribution in [0.1, 0.15) is 12.8 Å². The number of aromatic nitrogens is 6. The third kappa shape index (κ3) is 4.82. The molecule has 10 nitrogen and oxygen atoms in total. The van der Waals surface area contributed by atoms with Crippen LogP contribution in [0.25, 0.3) is 11.0 Å². The summed E-state index contributed by atoms with van der Waals surface area (Å²) in [6.45, 7) is 4.30. The maximum Gasteiger partial charge on any atom is 0.257 e. The molecule has 1 saturated heterocycles. The summed E-state index contributed by atoms with van der Waals surface area (Å²) in [7, 11) is 0. The summed E-state index contributed by atoms with van der Waals surface area (Å²) >= 11 is 1.46. The number of halogens is 2. The number of amides is 1. The van der Waals surface area contributed by atoms with Gasteiger partial charge in [-0.3, -0.25) is 14.6 Å². The van der Waals surface area contributed by atoms with Gasteiger partial charge in [-0.1, -0.05) is 6.58 Å². The summed E-state index contributed by atoms with van der Waals surface area (Å²) in [5.41, 5.74) is 0.524. The van der Waals surface area contributed by atoms with Crippen molar-refractivity contribution in [3.63, 3.8) is 0 Å². The molecular formula is C19H23F2N9OS. The molecular weight excluding hydrogens is 440 g/mol. The van der Waals surface area contributed by atoms with E-state index in [1.807, 2.05) is 6.26 Å². The fourth-order valence-electron chi connectivity index (χ4n) is 3.62. The van der Waals surface area contributed by atoms with Gasteiger partial charge in [0.2, 0.25) is 11.9 Å². The number of anilines is 3. The van der Waals surface area contributed by atoms with Gasteiger partial charge >= 0.3 is 0 Å². The molecule has 0 unspecified atom stereocenters. The lowest BCUT2D eigenvalue weighted by molar-refractivity contribution is -0.127. The Kier molecular flexibility index (Phi) is 6.53. The van der Waals surface area contributed by atoms with E-state index in [0.29, 0.717) is 30.4 Å². The van der Waals surface area contributed by atoms with Crippen molar-refractivity contribution >= 4 is 46.3 Å². The van der Waals surface area contributed by atoms with Crippen molar-refractivity contribution < 1.29 is 13.6 Å². The molecule has 3 aromatic heterocycles. The molecule has 4 rings (SSSR count). The average Bonchev–Trinajstić information content (AvgIpc) is 3.39. The summed E-state index contributed by atoms with van der Waals surface area (Å²) in [4.78, 5) is 22.8. The highest BCUT2D eigenvalue weighted by Crippen LogP contribution is 2.31. The average molecular weight is 464 g/mol. The first kappa shape index (κ1) is 22.0.